The second kappa shape index (κ2) is 4.51. The predicted octanol–water partition coefficient (Wildman–Crippen LogP) is 2.62. The van der Waals surface area contributed by atoms with Gasteiger partial charge in [0, 0.05) is 13.6 Å². The van der Waals surface area contributed by atoms with Gasteiger partial charge in [-0.25, -0.2) is 0 Å². The van der Waals surface area contributed by atoms with Crippen molar-refractivity contribution in [1.29, 1.82) is 0 Å². The fourth-order valence-corrected chi connectivity index (χ4v) is 1.68. The van der Waals surface area contributed by atoms with E-state index in [1.165, 1.54) is 0 Å². The molecule has 1 rings (SSSR count). The van der Waals surface area contributed by atoms with Crippen LogP contribution in [-0.2, 0) is 0 Å². The minimum Gasteiger partial charge on any atom is -0.466 e. The molecule has 1 heterocycles. The van der Waals surface area contributed by atoms with E-state index in [2.05, 4.69) is 13.8 Å². The Morgan fingerprint density at radius 3 is 2.47 bits per heavy atom. The van der Waals surface area contributed by atoms with Crippen molar-refractivity contribution in [2.24, 2.45) is 5.92 Å². The molecular weight excluding hydrogens is 190 g/mol. The van der Waals surface area contributed by atoms with Gasteiger partial charge in [0.2, 0.25) is 0 Å². The number of nitrogens with zero attached hydrogens (tertiary/aromatic N) is 1. The largest absolute Gasteiger partial charge is 0.466 e. The predicted molar refractivity (Wildman–Crippen MR) is 60.0 cm³/mol. The Labute approximate surface area is 91.1 Å². The van der Waals surface area contributed by atoms with Gasteiger partial charge in [-0.1, -0.05) is 13.8 Å². The first-order valence-electron chi connectivity index (χ1n) is 5.24. The monoisotopic (exact) mass is 209 g/mol. The summed E-state index contributed by atoms with van der Waals surface area (Å²) in [6.45, 7) is 8.63. The van der Waals surface area contributed by atoms with Crippen LogP contribution in [-0.4, -0.2) is 24.4 Å². The summed E-state index contributed by atoms with van der Waals surface area (Å²) in [6.07, 6.45) is 0. The number of carbonyl (C=O) groups excluding carboxylic acids is 1. The number of amides is 1. The van der Waals surface area contributed by atoms with Crippen LogP contribution in [0.15, 0.2) is 10.5 Å². The Kier molecular flexibility index (Phi) is 3.56. The molecule has 0 bridgehead atoms. The lowest BCUT2D eigenvalue weighted by Gasteiger charge is -2.18. The van der Waals surface area contributed by atoms with Gasteiger partial charge in [-0.2, -0.15) is 0 Å². The third kappa shape index (κ3) is 2.85. The average Bonchev–Trinajstić information content (AvgIpc) is 2.42. The first-order valence-corrected chi connectivity index (χ1v) is 5.24. The molecule has 0 N–H and O–H groups in total. The Morgan fingerprint density at radius 2 is 2.07 bits per heavy atom. The van der Waals surface area contributed by atoms with Crippen molar-refractivity contribution < 1.29 is 9.21 Å². The maximum atomic E-state index is 12.0. The van der Waals surface area contributed by atoms with Gasteiger partial charge in [-0.15, -0.1) is 0 Å². The molecule has 0 aliphatic heterocycles. The number of rotatable bonds is 3. The van der Waals surface area contributed by atoms with Crippen LogP contribution in [0.2, 0.25) is 0 Å². The van der Waals surface area contributed by atoms with Crippen LogP contribution in [0.5, 0.6) is 0 Å². The summed E-state index contributed by atoms with van der Waals surface area (Å²) < 4.78 is 5.34. The third-order valence-electron chi connectivity index (χ3n) is 2.26. The summed E-state index contributed by atoms with van der Waals surface area (Å²) in [4.78, 5) is 13.7. The van der Waals surface area contributed by atoms with Crippen molar-refractivity contribution in [3.8, 4) is 0 Å². The zero-order valence-corrected chi connectivity index (χ0v) is 10.1. The van der Waals surface area contributed by atoms with E-state index in [4.69, 9.17) is 4.42 Å². The molecule has 15 heavy (non-hydrogen) atoms. The van der Waals surface area contributed by atoms with Gasteiger partial charge < -0.3 is 9.32 Å². The summed E-state index contributed by atoms with van der Waals surface area (Å²) in [7, 11) is 1.82. The van der Waals surface area contributed by atoms with Crippen LogP contribution in [0.25, 0.3) is 0 Å². The highest BCUT2D eigenvalue weighted by atomic mass is 16.3. The van der Waals surface area contributed by atoms with Crippen LogP contribution in [0.4, 0.5) is 0 Å². The number of hydrogen-bond donors (Lipinski definition) is 0. The maximum Gasteiger partial charge on any atom is 0.257 e. The lowest BCUT2D eigenvalue weighted by atomic mass is 10.2. The van der Waals surface area contributed by atoms with Gasteiger partial charge >= 0.3 is 0 Å². The molecule has 84 valence electrons. The van der Waals surface area contributed by atoms with Gasteiger partial charge in [0.25, 0.3) is 5.91 Å². The fraction of sp³-hybridized carbons (Fsp3) is 0.583. The number of aryl methyl sites for hydroxylation is 2. The molecule has 1 amide bonds. The quantitative estimate of drug-likeness (QED) is 0.766. The molecule has 0 aliphatic rings. The number of carbonyl (C=O) groups is 1. The number of hydrogen-bond acceptors (Lipinski definition) is 2. The van der Waals surface area contributed by atoms with E-state index in [1.807, 2.05) is 20.9 Å². The highest BCUT2D eigenvalue weighted by Gasteiger charge is 2.17. The highest BCUT2D eigenvalue weighted by Crippen LogP contribution is 2.15. The van der Waals surface area contributed by atoms with E-state index in [0.29, 0.717) is 17.2 Å². The highest BCUT2D eigenvalue weighted by molar-refractivity contribution is 5.95. The first-order chi connectivity index (χ1) is 6.91. The second-order valence-corrected chi connectivity index (χ2v) is 4.41. The van der Waals surface area contributed by atoms with Crippen LogP contribution in [0.3, 0.4) is 0 Å². The molecule has 0 saturated carbocycles. The zero-order chi connectivity index (χ0) is 11.6. The Hall–Kier alpha value is -1.25. The number of furan rings is 1. The van der Waals surface area contributed by atoms with Crippen molar-refractivity contribution in [2.75, 3.05) is 13.6 Å². The fourth-order valence-electron chi connectivity index (χ4n) is 1.68. The van der Waals surface area contributed by atoms with Gasteiger partial charge in [0.05, 0.1) is 5.56 Å². The van der Waals surface area contributed by atoms with Gasteiger partial charge in [-0.3, -0.25) is 4.79 Å². The molecule has 0 radical (unpaired) electrons. The van der Waals surface area contributed by atoms with Crippen molar-refractivity contribution in [1.82, 2.24) is 4.90 Å². The standard InChI is InChI=1S/C12H19NO2/c1-8(2)7-13(5)12(14)11-6-9(3)15-10(11)4/h6,8H,7H2,1-5H3. The van der Waals surface area contributed by atoms with Crippen LogP contribution >= 0.6 is 0 Å². The minimum absolute atomic E-state index is 0.0399. The third-order valence-corrected chi connectivity index (χ3v) is 2.26. The van der Waals surface area contributed by atoms with Gasteiger partial charge in [-0.05, 0) is 25.8 Å². The minimum atomic E-state index is 0.0399. The van der Waals surface area contributed by atoms with E-state index < -0.39 is 0 Å². The Balaban J connectivity index is 2.80. The molecule has 0 aliphatic carbocycles. The van der Waals surface area contributed by atoms with Crippen LogP contribution in [0.1, 0.15) is 35.7 Å². The molecule has 0 atom stereocenters. The second-order valence-electron chi connectivity index (χ2n) is 4.41. The van der Waals surface area contributed by atoms with Crippen LogP contribution < -0.4 is 0 Å². The molecule has 0 saturated heterocycles. The SMILES string of the molecule is Cc1cc(C(=O)N(C)CC(C)C)c(C)o1. The van der Waals surface area contributed by atoms with E-state index in [-0.39, 0.29) is 5.91 Å². The summed E-state index contributed by atoms with van der Waals surface area (Å²) in [5.74, 6) is 2.01. The average molecular weight is 209 g/mol. The normalized spacial score (nSPS) is 10.8. The lowest BCUT2D eigenvalue weighted by Crippen LogP contribution is -2.30. The van der Waals surface area contributed by atoms with E-state index in [1.54, 1.807) is 11.0 Å². The molecule has 3 nitrogen and oxygen atoms in total. The molecule has 1 aromatic rings. The Morgan fingerprint density at radius 1 is 1.47 bits per heavy atom. The maximum absolute atomic E-state index is 12.0. The van der Waals surface area contributed by atoms with Crippen LogP contribution in [0, 0.1) is 19.8 Å². The Bertz CT molecular complexity index is 353. The van der Waals surface area contributed by atoms with Gasteiger partial charge in [0.1, 0.15) is 11.5 Å². The molecule has 0 aromatic carbocycles. The van der Waals surface area contributed by atoms with Crippen molar-refractivity contribution in [3.63, 3.8) is 0 Å². The zero-order valence-electron chi connectivity index (χ0n) is 10.1. The molecule has 3 heteroatoms. The molecule has 0 fully saturated rings. The summed E-state index contributed by atoms with van der Waals surface area (Å²) in [5.41, 5.74) is 0.677. The van der Waals surface area contributed by atoms with Crippen molar-refractivity contribution in [2.45, 2.75) is 27.7 Å². The smallest absolute Gasteiger partial charge is 0.257 e. The lowest BCUT2D eigenvalue weighted by molar-refractivity contribution is 0.0777. The topological polar surface area (TPSA) is 33.5 Å². The molecule has 0 spiro atoms. The van der Waals surface area contributed by atoms with E-state index in [0.717, 1.165) is 12.3 Å². The molecule has 1 aromatic heterocycles. The summed E-state index contributed by atoms with van der Waals surface area (Å²) in [5, 5.41) is 0. The summed E-state index contributed by atoms with van der Waals surface area (Å²) in [6, 6.07) is 1.80. The van der Waals surface area contributed by atoms with Gasteiger partial charge in [0.15, 0.2) is 0 Å². The summed E-state index contributed by atoms with van der Waals surface area (Å²) >= 11 is 0. The van der Waals surface area contributed by atoms with Crippen molar-refractivity contribution in [3.05, 3.63) is 23.2 Å². The molecular formula is C12H19NO2. The first kappa shape index (κ1) is 11.8. The molecule has 0 unspecified atom stereocenters. The van der Waals surface area contributed by atoms with Crippen molar-refractivity contribution >= 4 is 5.91 Å². The van der Waals surface area contributed by atoms with E-state index in [9.17, 15) is 4.79 Å². The van der Waals surface area contributed by atoms with E-state index >= 15 is 0 Å².